The summed E-state index contributed by atoms with van der Waals surface area (Å²) in [5.41, 5.74) is 1.10. The maximum absolute atomic E-state index is 12.2. The fourth-order valence-corrected chi connectivity index (χ4v) is 2.58. The van der Waals surface area contributed by atoms with Gasteiger partial charge in [0.1, 0.15) is 18.0 Å². The topological polar surface area (TPSA) is 71.9 Å². The monoisotopic (exact) mass is 374 g/mol. The molecule has 0 radical (unpaired) electrons. The number of hydrogen-bond acceptors (Lipinski definition) is 5. The highest BCUT2D eigenvalue weighted by Crippen LogP contribution is 2.24. The number of unbranched alkanes of at least 4 members (excludes halogenated alkanes) is 2. The van der Waals surface area contributed by atoms with Crippen molar-refractivity contribution < 1.29 is 19.4 Å². The van der Waals surface area contributed by atoms with Crippen LogP contribution in [0, 0.1) is 18.8 Å². The molecule has 1 aliphatic heterocycles. The zero-order chi connectivity index (χ0) is 19.9. The van der Waals surface area contributed by atoms with Gasteiger partial charge in [0, 0.05) is 31.3 Å². The molecule has 1 saturated heterocycles. The molecule has 0 saturated carbocycles. The Morgan fingerprint density at radius 2 is 2.19 bits per heavy atom. The van der Waals surface area contributed by atoms with Gasteiger partial charge in [-0.15, -0.1) is 0 Å². The lowest BCUT2D eigenvalue weighted by atomic mass is 10.1. The molecule has 148 valence electrons. The number of aryl methyl sites for hydroxylation is 1. The molecule has 27 heavy (non-hydrogen) atoms. The van der Waals surface area contributed by atoms with Crippen LogP contribution >= 0.6 is 0 Å². The predicted octanol–water partition coefficient (Wildman–Crippen LogP) is 3.29. The van der Waals surface area contributed by atoms with Gasteiger partial charge in [0.25, 0.3) is 0 Å². The number of pyridine rings is 1. The highest BCUT2D eigenvalue weighted by atomic mass is 16.6. The summed E-state index contributed by atoms with van der Waals surface area (Å²) in [6.07, 6.45) is 4.74. The number of amides is 1. The smallest absolute Gasteiger partial charge is 0.410 e. The van der Waals surface area contributed by atoms with Crippen molar-refractivity contribution >= 4 is 6.09 Å². The van der Waals surface area contributed by atoms with Crippen LogP contribution in [0.1, 0.15) is 57.7 Å². The normalized spacial score (nSPS) is 16.2. The molecule has 0 aromatic carbocycles. The van der Waals surface area contributed by atoms with E-state index in [-0.39, 0.29) is 18.7 Å². The maximum atomic E-state index is 12.2. The van der Waals surface area contributed by atoms with E-state index in [1.807, 2.05) is 33.8 Å². The van der Waals surface area contributed by atoms with Crippen LogP contribution in [0.15, 0.2) is 12.3 Å². The van der Waals surface area contributed by atoms with Gasteiger partial charge >= 0.3 is 6.09 Å². The van der Waals surface area contributed by atoms with E-state index in [1.54, 1.807) is 11.1 Å². The largest absolute Gasteiger partial charge is 0.489 e. The van der Waals surface area contributed by atoms with E-state index >= 15 is 0 Å². The van der Waals surface area contributed by atoms with Gasteiger partial charge < -0.3 is 19.5 Å². The van der Waals surface area contributed by atoms with Gasteiger partial charge in [-0.3, -0.25) is 4.98 Å². The first-order valence-corrected chi connectivity index (χ1v) is 9.49. The molecule has 1 aliphatic rings. The highest BCUT2D eigenvalue weighted by Gasteiger charge is 2.35. The predicted molar refractivity (Wildman–Crippen MR) is 104 cm³/mol. The van der Waals surface area contributed by atoms with E-state index in [1.165, 1.54) is 0 Å². The molecule has 1 atom stereocenters. The van der Waals surface area contributed by atoms with E-state index < -0.39 is 5.60 Å². The number of aliphatic hydroxyl groups is 1. The van der Waals surface area contributed by atoms with E-state index in [2.05, 4.69) is 16.8 Å². The van der Waals surface area contributed by atoms with Gasteiger partial charge in [-0.25, -0.2) is 4.79 Å². The van der Waals surface area contributed by atoms with Crippen molar-refractivity contribution in [2.24, 2.45) is 0 Å². The molecule has 1 N–H and O–H groups in total. The molecular weight excluding hydrogens is 344 g/mol. The fourth-order valence-electron chi connectivity index (χ4n) is 2.58. The van der Waals surface area contributed by atoms with E-state index in [0.29, 0.717) is 18.9 Å². The van der Waals surface area contributed by atoms with Crippen molar-refractivity contribution in [3.05, 3.63) is 23.5 Å². The van der Waals surface area contributed by atoms with Crippen molar-refractivity contribution in [2.45, 2.75) is 65.0 Å². The molecule has 1 aromatic heterocycles. The molecule has 6 nitrogen and oxygen atoms in total. The Labute approximate surface area is 161 Å². The van der Waals surface area contributed by atoms with E-state index in [9.17, 15) is 4.79 Å². The van der Waals surface area contributed by atoms with Crippen molar-refractivity contribution in [3.63, 3.8) is 0 Å². The Kier molecular flexibility index (Phi) is 7.49. The lowest BCUT2D eigenvalue weighted by Crippen LogP contribution is -2.55. The lowest BCUT2D eigenvalue weighted by Gasteiger charge is -2.41. The molecule has 0 spiro atoms. The number of aliphatic hydroxyl groups excluding tert-OH is 1. The molecular formula is C21H30N2O4. The van der Waals surface area contributed by atoms with Crippen LogP contribution < -0.4 is 4.74 Å². The number of hydrogen-bond donors (Lipinski definition) is 1. The molecule has 1 amide bonds. The Bertz CT molecular complexity index is 700. The second-order valence-corrected chi connectivity index (χ2v) is 7.72. The van der Waals surface area contributed by atoms with Crippen LogP contribution in [0.3, 0.4) is 0 Å². The van der Waals surface area contributed by atoms with Gasteiger partial charge in [-0.1, -0.05) is 11.8 Å². The Balaban J connectivity index is 1.90. The third-order valence-electron chi connectivity index (χ3n) is 4.19. The molecule has 0 aliphatic carbocycles. The van der Waals surface area contributed by atoms with Gasteiger partial charge in [0.15, 0.2) is 0 Å². The summed E-state index contributed by atoms with van der Waals surface area (Å²) < 4.78 is 11.3. The zero-order valence-corrected chi connectivity index (χ0v) is 16.7. The quantitative estimate of drug-likeness (QED) is 0.611. The second-order valence-electron chi connectivity index (χ2n) is 7.72. The second kappa shape index (κ2) is 9.61. The Morgan fingerprint density at radius 3 is 2.81 bits per heavy atom. The molecule has 0 bridgehead atoms. The minimum absolute atomic E-state index is 0.0208. The summed E-state index contributed by atoms with van der Waals surface area (Å²) in [7, 11) is 0. The molecule has 2 rings (SSSR count). The van der Waals surface area contributed by atoms with Crippen LogP contribution in [-0.4, -0.2) is 52.5 Å². The number of rotatable bonds is 6. The molecule has 1 fully saturated rings. The van der Waals surface area contributed by atoms with Crippen LogP contribution in [0.2, 0.25) is 0 Å². The number of ether oxygens (including phenoxy) is 2. The van der Waals surface area contributed by atoms with Gasteiger partial charge in [0.05, 0.1) is 11.7 Å². The summed E-state index contributed by atoms with van der Waals surface area (Å²) in [5, 5.41) is 8.78. The van der Waals surface area contributed by atoms with E-state index in [0.717, 1.165) is 36.9 Å². The van der Waals surface area contributed by atoms with Gasteiger partial charge in [-0.05, 0) is 53.0 Å². The first kappa shape index (κ1) is 21.0. The van der Waals surface area contributed by atoms with Crippen molar-refractivity contribution in [1.29, 1.82) is 0 Å². The summed E-state index contributed by atoms with van der Waals surface area (Å²) in [6, 6.07) is 1.91. The molecule has 1 aromatic rings. The van der Waals surface area contributed by atoms with E-state index in [4.69, 9.17) is 14.6 Å². The highest BCUT2D eigenvalue weighted by molar-refractivity contribution is 5.69. The van der Waals surface area contributed by atoms with Crippen LogP contribution in [0.25, 0.3) is 0 Å². The molecule has 6 heteroatoms. The summed E-state index contributed by atoms with van der Waals surface area (Å²) in [4.78, 5) is 18.2. The number of likely N-dealkylation sites (tertiary alicyclic amines) is 1. The third kappa shape index (κ3) is 6.76. The average molecular weight is 374 g/mol. The SMILES string of the molecule is Cc1ncc(C#CCCCCO)cc1OC[C@@H]1CCN1C(=O)OC(C)(C)C. The average Bonchev–Trinajstić information content (AvgIpc) is 2.54. The molecule has 0 unspecified atom stereocenters. The third-order valence-corrected chi connectivity index (χ3v) is 4.19. The van der Waals surface area contributed by atoms with Gasteiger partial charge in [-0.2, -0.15) is 0 Å². The maximum Gasteiger partial charge on any atom is 0.410 e. The first-order valence-electron chi connectivity index (χ1n) is 9.49. The zero-order valence-electron chi connectivity index (χ0n) is 16.7. The van der Waals surface area contributed by atoms with Crippen LogP contribution in [-0.2, 0) is 4.74 Å². The standard InChI is InChI=1S/C21H30N2O4/c1-16-19(13-17(14-22-16)9-7-5-6-8-12-24)26-15-18-10-11-23(18)20(25)27-21(2,3)4/h13-14,18,24H,5-6,8,10-12,15H2,1-4H3/t18-/m0/s1. The minimum atomic E-state index is -0.497. The fraction of sp³-hybridized carbons (Fsp3) is 0.619. The van der Waals surface area contributed by atoms with Crippen molar-refractivity contribution in [1.82, 2.24) is 9.88 Å². The van der Waals surface area contributed by atoms with Crippen molar-refractivity contribution in [2.75, 3.05) is 19.8 Å². The summed E-state index contributed by atoms with van der Waals surface area (Å²) in [5.74, 6) is 6.86. The number of aromatic nitrogens is 1. The lowest BCUT2D eigenvalue weighted by molar-refractivity contribution is -0.0142. The Morgan fingerprint density at radius 1 is 1.41 bits per heavy atom. The summed E-state index contributed by atoms with van der Waals surface area (Å²) >= 11 is 0. The van der Waals surface area contributed by atoms with Crippen LogP contribution in [0.4, 0.5) is 4.79 Å². The Hall–Kier alpha value is -2.26. The first-order chi connectivity index (χ1) is 12.8. The number of nitrogens with zero attached hydrogens (tertiary/aromatic N) is 2. The van der Waals surface area contributed by atoms with Crippen LogP contribution in [0.5, 0.6) is 5.75 Å². The van der Waals surface area contributed by atoms with Crippen molar-refractivity contribution in [3.8, 4) is 17.6 Å². The van der Waals surface area contributed by atoms with Gasteiger partial charge in [0.2, 0.25) is 0 Å². The summed E-state index contributed by atoms with van der Waals surface area (Å²) in [6.45, 7) is 8.78. The number of carbonyl (C=O) groups is 1. The minimum Gasteiger partial charge on any atom is -0.489 e. The molecule has 2 heterocycles. The number of carbonyl (C=O) groups excluding carboxylic acids is 1.